The van der Waals surface area contributed by atoms with Gasteiger partial charge in [-0.3, -0.25) is 24.4 Å². The molecule has 2 fully saturated rings. The van der Waals surface area contributed by atoms with E-state index in [2.05, 4.69) is 10.3 Å². The molecule has 14 heteroatoms. The number of hydrogen-bond donors (Lipinski definition) is 2. The van der Waals surface area contributed by atoms with Crippen molar-refractivity contribution in [2.24, 2.45) is 5.92 Å². The number of fused-ring (bicyclic) bond motifs is 2. The third kappa shape index (κ3) is 6.99. The van der Waals surface area contributed by atoms with Crippen LogP contribution < -0.4 is 9.80 Å². The third-order valence-corrected chi connectivity index (χ3v) is 14.0. The summed E-state index contributed by atoms with van der Waals surface area (Å²) in [5, 5.41) is 30.9. The van der Waals surface area contributed by atoms with Gasteiger partial charge in [0.2, 0.25) is 5.91 Å². The van der Waals surface area contributed by atoms with Gasteiger partial charge < -0.3 is 24.4 Å². The number of anilines is 2. The van der Waals surface area contributed by atoms with Crippen molar-refractivity contribution in [2.45, 2.75) is 94.8 Å². The number of aliphatic hydroxyl groups excluding tert-OH is 1. The molecular weight excluding hydrogens is 705 g/mol. The highest BCUT2D eigenvalue weighted by Gasteiger charge is 2.66. The first-order valence-electron chi connectivity index (χ1n) is 18.9. The fourth-order valence-corrected chi connectivity index (χ4v) is 11.5. The summed E-state index contributed by atoms with van der Waals surface area (Å²) in [6, 6.07) is 21.8. The lowest BCUT2D eigenvalue weighted by atomic mass is 9.82. The Bertz CT molecular complexity index is 2000. The zero-order valence-corrected chi connectivity index (χ0v) is 32.0. The van der Waals surface area contributed by atoms with Crippen molar-refractivity contribution in [2.75, 3.05) is 23.0 Å². The lowest BCUT2D eigenvalue weighted by Crippen LogP contribution is -2.46. The topological polar surface area (TPSA) is 164 Å². The summed E-state index contributed by atoms with van der Waals surface area (Å²) in [4.78, 5) is 54.6. The quantitative estimate of drug-likeness (QED) is 0.106. The number of aliphatic hydroxyl groups is 1. The molecular formula is C40H48N6O7Si. The summed E-state index contributed by atoms with van der Waals surface area (Å²) < 4.78 is 8.61. The molecule has 1 spiro atoms. The number of rotatable bonds is 11. The number of aromatic nitrogens is 3. The number of carbonyl (C=O) groups is 2. The molecule has 3 aromatic carbocycles. The molecule has 3 aliphatic rings. The number of carbonyl (C=O) groups excluding carboxylic acids is 2. The van der Waals surface area contributed by atoms with Gasteiger partial charge in [-0.05, 0) is 61.7 Å². The molecule has 2 N–H and O–H groups in total. The number of nitrogens with zero attached hydrogens (tertiary/aromatic N) is 6. The highest BCUT2D eigenvalue weighted by atomic mass is 28.4. The Morgan fingerprint density at radius 2 is 1.78 bits per heavy atom. The van der Waals surface area contributed by atoms with E-state index in [-0.39, 0.29) is 42.1 Å². The fourth-order valence-electron chi connectivity index (χ4n) is 8.90. The number of nitro groups is 1. The highest BCUT2D eigenvalue weighted by Crippen LogP contribution is 2.60. The standard InChI is InChI=1S/C40H48N6O7Si/c1-27-38(54(2,3)52)36(20-22-43-25-34(41-42-43)32(26-47)29-11-7-6-8-12-29)53-40(27)33-23-31(46(50)51)18-19-35(33)45(39(40)49)24-28-14-16-30(17-15-28)44-21-10-5-4-9-13-37(44)48/h6-8,11-12,14-19,23,25,27,32,36,38,47,52H,4-5,9-10,13,20-22,24,26H2,1-3H3/t27-,32?,36+,38-,40+/m1/s1. The van der Waals surface area contributed by atoms with E-state index in [9.17, 15) is 29.6 Å². The van der Waals surface area contributed by atoms with E-state index in [1.807, 2.05) is 79.5 Å². The Kier molecular flexibility index (Phi) is 10.5. The van der Waals surface area contributed by atoms with Gasteiger partial charge in [0.05, 0.1) is 41.5 Å². The average Bonchev–Trinajstić information content (AvgIpc) is 3.80. The molecule has 284 valence electrons. The minimum atomic E-state index is -3.00. The molecule has 54 heavy (non-hydrogen) atoms. The van der Waals surface area contributed by atoms with E-state index in [1.165, 1.54) is 12.1 Å². The van der Waals surface area contributed by atoms with Gasteiger partial charge >= 0.3 is 0 Å². The van der Waals surface area contributed by atoms with Gasteiger partial charge in [-0.15, -0.1) is 5.10 Å². The summed E-state index contributed by atoms with van der Waals surface area (Å²) in [7, 11) is -3.00. The molecule has 7 rings (SSSR count). The zero-order valence-electron chi connectivity index (χ0n) is 31.0. The molecule has 3 aliphatic heterocycles. The maximum Gasteiger partial charge on any atom is 0.269 e. The van der Waals surface area contributed by atoms with E-state index in [0.717, 1.165) is 42.5 Å². The van der Waals surface area contributed by atoms with Crippen molar-refractivity contribution in [1.29, 1.82) is 0 Å². The highest BCUT2D eigenvalue weighted by molar-refractivity contribution is 6.71. The number of hydrogen-bond acceptors (Lipinski definition) is 9. The van der Waals surface area contributed by atoms with Crippen molar-refractivity contribution in [3.63, 3.8) is 0 Å². The van der Waals surface area contributed by atoms with E-state index < -0.39 is 30.9 Å². The number of aryl methyl sites for hydroxylation is 1. The third-order valence-electron chi connectivity index (χ3n) is 11.5. The van der Waals surface area contributed by atoms with Crippen molar-refractivity contribution in [3.8, 4) is 0 Å². The normalized spacial score (nSPS) is 23.8. The Hall–Kier alpha value is -4.76. The maximum absolute atomic E-state index is 14.9. The van der Waals surface area contributed by atoms with Crippen molar-refractivity contribution in [3.05, 3.63) is 111 Å². The van der Waals surface area contributed by atoms with Crippen LogP contribution in [0.5, 0.6) is 0 Å². The summed E-state index contributed by atoms with van der Waals surface area (Å²) in [5.41, 5.74) is 2.09. The van der Waals surface area contributed by atoms with Crippen LogP contribution in [0, 0.1) is 16.0 Å². The first kappa shape index (κ1) is 37.5. The molecule has 4 heterocycles. The first-order chi connectivity index (χ1) is 25.9. The number of amides is 2. The van der Waals surface area contributed by atoms with E-state index in [1.54, 1.807) is 21.8 Å². The van der Waals surface area contributed by atoms with Crippen LogP contribution in [0.2, 0.25) is 18.6 Å². The minimum absolute atomic E-state index is 0.118. The summed E-state index contributed by atoms with van der Waals surface area (Å²) >= 11 is 0. The van der Waals surface area contributed by atoms with E-state index in [0.29, 0.717) is 42.9 Å². The van der Waals surface area contributed by atoms with Crippen LogP contribution in [0.3, 0.4) is 0 Å². The smallest absolute Gasteiger partial charge is 0.269 e. The first-order valence-corrected chi connectivity index (χ1v) is 21.9. The Morgan fingerprint density at radius 1 is 1.04 bits per heavy atom. The van der Waals surface area contributed by atoms with Crippen molar-refractivity contribution < 1.29 is 29.2 Å². The summed E-state index contributed by atoms with van der Waals surface area (Å²) in [6.07, 6.45) is 6.18. The largest absolute Gasteiger partial charge is 0.432 e. The molecule has 4 aromatic rings. The second-order valence-corrected chi connectivity index (χ2v) is 19.4. The average molecular weight is 753 g/mol. The minimum Gasteiger partial charge on any atom is -0.432 e. The number of nitro benzene ring substituents is 1. The number of ether oxygens (including phenoxy) is 1. The predicted molar refractivity (Wildman–Crippen MR) is 205 cm³/mol. The van der Waals surface area contributed by atoms with Crippen LogP contribution in [0.25, 0.3) is 0 Å². The fraction of sp³-hybridized carbons (Fsp3) is 0.450. The van der Waals surface area contributed by atoms with E-state index >= 15 is 0 Å². The molecule has 1 aromatic heterocycles. The van der Waals surface area contributed by atoms with Gasteiger partial charge in [-0.1, -0.05) is 67.4 Å². The molecule has 2 amide bonds. The Morgan fingerprint density at radius 3 is 2.48 bits per heavy atom. The number of benzene rings is 3. The van der Waals surface area contributed by atoms with Crippen LogP contribution in [0.15, 0.2) is 79.0 Å². The summed E-state index contributed by atoms with van der Waals surface area (Å²) in [6.45, 7) is 6.70. The molecule has 0 aliphatic carbocycles. The Balaban J connectivity index is 1.17. The monoisotopic (exact) mass is 752 g/mol. The second-order valence-electron chi connectivity index (χ2n) is 15.4. The second kappa shape index (κ2) is 15.2. The maximum atomic E-state index is 14.9. The van der Waals surface area contributed by atoms with Crippen molar-refractivity contribution in [1.82, 2.24) is 15.0 Å². The van der Waals surface area contributed by atoms with Crippen LogP contribution in [0.4, 0.5) is 17.1 Å². The van der Waals surface area contributed by atoms with Gasteiger partial charge in [-0.25, -0.2) is 0 Å². The molecule has 0 saturated carbocycles. The Labute approximate surface area is 315 Å². The molecule has 2 saturated heterocycles. The lowest BCUT2D eigenvalue weighted by molar-refractivity contribution is -0.385. The van der Waals surface area contributed by atoms with Gasteiger partial charge in [0.1, 0.15) is 0 Å². The number of non-ortho nitro benzene ring substituents is 1. The SMILES string of the molecule is C[C@@H]1[C@@H]([Si](C)(C)O)[C@H](CCn2cc(C(CO)c3ccccc3)nn2)O[C@@]12C(=O)N(Cc1ccc(N3CCCCCCC3=O)cc1)c1ccc([N+](=O)[O-])cc12. The predicted octanol–water partition coefficient (Wildman–Crippen LogP) is 6.04. The van der Waals surface area contributed by atoms with Crippen LogP contribution in [-0.2, 0) is 33.0 Å². The van der Waals surface area contributed by atoms with Crippen LogP contribution >= 0.6 is 0 Å². The van der Waals surface area contributed by atoms with E-state index in [4.69, 9.17) is 4.74 Å². The van der Waals surface area contributed by atoms with Gasteiger partial charge in [0.25, 0.3) is 11.6 Å². The molecule has 0 bridgehead atoms. The van der Waals surface area contributed by atoms with Crippen LogP contribution in [0.1, 0.15) is 73.8 Å². The summed E-state index contributed by atoms with van der Waals surface area (Å²) in [5.74, 6) is -1.05. The molecule has 13 nitrogen and oxygen atoms in total. The van der Waals surface area contributed by atoms with Gasteiger partial charge in [-0.2, -0.15) is 0 Å². The lowest BCUT2D eigenvalue weighted by Gasteiger charge is -2.32. The van der Waals surface area contributed by atoms with Crippen molar-refractivity contribution >= 4 is 37.2 Å². The van der Waals surface area contributed by atoms with Crippen LogP contribution in [-0.4, -0.2) is 69.2 Å². The van der Waals surface area contributed by atoms with Gasteiger partial charge in [0, 0.05) is 60.5 Å². The molecule has 0 radical (unpaired) electrons. The molecule has 1 unspecified atom stereocenters. The zero-order chi connectivity index (χ0) is 38.2. The van der Waals surface area contributed by atoms with Gasteiger partial charge in [0.15, 0.2) is 13.9 Å². The molecule has 5 atom stereocenters.